The van der Waals surface area contributed by atoms with Gasteiger partial charge in [0.2, 0.25) is 0 Å². The number of nitrogens with zero attached hydrogens (tertiary/aromatic N) is 2. The van der Waals surface area contributed by atoms with Crippen LogP contribution in [-0.4, -0.2) is 16.1 Å². The topological polar surface area (TPSA) is 54.9 Å². The molecule has 0 radical (unpaired) electrons. The summed E-state index contributed by atoms with van der Waals surface area (Å²) in [7, 11) is 0. The van der Waals surface area contributed by atoms with Gasteiger partial charge in [-0.3, -0.25) is 4.79 Å². The van der Waals surface area contributed by atoms with Crippen LogP contribution < -0.4 is 5.32 Å². The highest BCUT2D eigenvalue weighted by molar-refractivity contribution is 6.34. The molecule has 0 spiro atoms. The second-order valence-electron chi connectivity index (χ2n) is 5.89. The van der Waals surface area contributed by atoms with Gasteiger partial charge in [-0.15, -0.1) is 10.2 Å². The number of aromatic nitrogens is 2. The van der Waals surface area contributed by atoms with E-state index in [9.17, 15) is 9.18 Å². The molecule has 1 N–H and O–H groups in total. The van der Waals surface area contributed by atoms with E-state index in [1.165, 1.54) is 12.1 Å². The van der Waals surface area contributed by atoms with E-state index in [1.54, 1.807) is 6.07 Å². The zero-order valence-corrected chi connectivity index (χ0v) is 14.7. The molecule has 27 heavy (non-hydrogen) atoms. The van der Waals surface area contributed by atoms with E-state index in [-0.39, 0.29) is 5.02 Å². The van der Waals surface area contributed by atoms with E-state index in [4.69, 9.17) is 11.6 Å². The summed E-state index contributed by atoms with van der Waals surface area (Å²) in [6.45, 7) is 0. The molecular formula is C21H13ClFN3O. The molecule has 3 aromatic carbocycles. The Balaban J connectivity index is 1.87. The standard InChI is InChI=1S/C21H13ClFN3O/c22-16-12-14(23)10-11-18(16)24-21(27)19-15-8-4-5-9-17(15)25-26-20(19)13-6-2-1-3-7-13/h1-12H,(H,24,27). The molecule has 0 aliphatic heterocycles. The molecule has 4 nitrogen and oxygen atoms in total. The van der Waals surface area contributed by atoms with Crippen molar-refractivity contribution >= 4 is 34.1 Å². The summed E-state index contributed by atoms with van der Waals surface area (Å²) >= 11 is 6.05. The molecule has 1 aromatic heterocycles. The third-order valence-electron chi connectivity index (χ3n) is 4.12. The van der Waals surface area contributed by atoms with E-state index in [2.05, 4.69) is 15.5 Å². The van der Waals surface area contributed by atoms with Crippen molar-refractivity contribution in [1.29, 1.82) is 0 Å². The van der Waals surface area contributed by atoms with Crippen LogP contribution in [-0.2, 0) is 0 Å². The van der Waals surface area contributed by atoms with Crippen LogP contribution in [0.5, 0.6) is 0 Å². The second kappa shape index (κ2) is 7.13. The minimum absolute atomic E-state index is 0.121. The van der Waals surface area contributed by atoms with Gasteiger partial charge < -0.3 is 5.32 Å². The van der Waals surface area contributed by atoms with Crippen molar-refractivity contribution in [1.82, 2.24) is 10.2 Å². The summed E-state index contributed by atoms with van der Waals surface area (Å²) < 4.78 is 13.3. The molecule has 1 heterocycles. The minimum atomic E-state index is -0.473. The Kier molecular flexibility index (Phi) is 4.52. The van der Waals surface area contributed by atoms with Crippen molar-refractivity contribution in [3.8, 4) is 11.3 Å². The van der Waals surface area contributed by atoms with Gasteiger partial charge in [0.15, 0.2) is 0 Å². The van der Waals surface area contributed by atoms with E-state index < -0.39 is 11.7 Å². The number of nitrogens with one attached hydrogen (secondary N) is 1. The van der Waals surface area contributed by atoms with Crippen LogP contribution in [0.15, 0.2) is 72.8 Å². The average Bonchev–Trinajstić information content (AvgIpc) is 2.70. The molecule has 0 fully saturated rings. The van der Waals surface area contributed by atoms with Crippen molar-refractivity contribution in [2.45, 2.75) is 0 Å². The zero-order valence-electron chi connectivity index (χ0n) is 14.0. The maximum Gasteiger partial charge on any atom is 0.258 e. The van der Waals surface area contributed by atoms with Crippen LogP contribution in [0.2, 0.25) is 5.02 Å². The number of fused-ring (bicyclic) bond motifs is 1. The Labute approximate surface area is 159 Å². The smallest absolute Gasteiger partial charge is 0.258 e. The van der Waals surface area contributed by atoms with Gasteiger partial charge in [-0.05, 0) is 24.3 Å². The minimum Gasteiger partial charge on any atom is -0.321 e. The predicted molar refractivity (Wildman–Crippen MR) is 104 cm³/mol. The average molecular weight is 378 g/mol. The molecule has 132 valence electrons. The van der Waals surface area contributed by atoms with Gasteiger partial charge in [0.05, 0.1) is 21.8 Å². The van der Waals surface area contributed by atoms with Gasteiger partial charge in [0.25, 0.3) is 5.91 Å². The molecule has 1 amide bonds. The Hall–Kier alpha value is -3.31. The quantitative estimate of drug-likeness (QED) is 0.524. The lowest BCUT2D eigenvalue weighted by molar-refractivity contribution is 0.102. The maximum atomic E-state index is 13.3. The number of amides is 1. The van der Waals surface area contributed by atoms with Gasteiger partial charge in [-0.25, -0.2) is 4.39 Å². The molecule has 4 aromatic rings. The van der Waals surface area contributed by atoms with Gasteiger partial charge in [-0.1, -0.05) is 60.1 Å². The number of carbonyl (C=O) groups excluding carboxylic acids is 1. The highest BCUT2D eigenvalue weighted by Crippen LogP contribution is 2.29. The molecule has 0 bridgehead atoms. The molecule has 0 saturated heterocycles. The van der Waals surface area contributed by atoms with Gasteiger partial charge in [0, 0.05) is 10.9 Å². The summed E-state index contributed by atoms with van der Waals surface area (Å²) in [4.78, 5) is 13.1. The van der Waals surface area contributed by atoms with E-state index in [0.29, 0.717) is 27.8 Å². The number of hydrogen-bond donors (Lipinski definition) is 1. The fraction of sp³-hybridized carbons (Fsp3) is 0. The van der Waals surface area contributed by atoms with Gasteiger partial charge in [-0.2, -0.15) is 0 Å². The maximum absolute atomic E-state index is 13.3. The van der Waals surface area contributed by atoms with Crippen molar-refractivity contribution in [3.05, 3.63) is 89.2 Å². The molecule has 6 heteroatoms. The van der Waals surface area contributed by atoms with Crippen LogP contribution in [0.4, 0.5) is 10.1 Å². The summed E-state index contributed by atoms with van der Waals surface area (Å²) in [5.41, 5.74) is 2.54. The first kappa shape index (κ1) is 17.1. The van der Waals surface area contributed by atoms with Gasteiger partial charge >= 0.3 is 0 Å². The number of rotatable bonds is 3. The SMILES string of the molecule is O=C(Nc1ccc(F)cc1Cl)c1c(-c2ccccc2)nnc2ccccc12. The first-order chi connectivity index (χ1) is 13.1. The summed E-state index contributed by atoms with van der Waals surface area (Å²) in [5.74, 6) is -0.868. The number of anilines is 1. The number of hydrogen-bond acceptors (Lipinski definition) is 3. The Bertz CT molecular complexity index is 1150. The number of benzene rings is 3. The van der Waals surface area contributed by atoms with Crippen molar-refractivity contribution in [2.24, 2.45) is 0 Å². The lowest BCUT2D eigenvalue weighted by Crippen LogP contribution is -2.15. The molecule has 0 aliphatic carbocycles. The Morgan fingerprint density at radius 1 is 0.926 bits per heavy atom. The van der Waals surface area contributed by atoms with Crippen LogP contribution in [0.3, 0.4) is 0 Å². The van der Waals surface area contributed by atoms with E-state index in [0.717, 1.165) is 11.6 Å². The van der Waals surface area contributed by atoms with Crippen LogP contribution in [0.1, 0.15) is 10.4 Å². The Morgan fingerprint density at radius 2 is 1.67 bits per heavy atom. The third kappa shape index (κ3) is 3.37. The third-order valence-corrected chi connectivity index (χ3v) is 4.43. The van der Waals surface area contributed by atoms with Crippen LogP contribution in [0.25, 0.3) is 22.2 Å². The summed E-state index contributed by atoms with van der Waals surface area (Å²) in [6, 6.07) is 20.4. The fourth-order valence-corrected chi connectivity index (χ4v) is 3.07. The first-order valence-electron chi connectivity index (χ1n) is 8.21. The van der Waals surface area contributed by atoms with Crippen LogP contribution in [0, 0.1) is 5.82 Å². The van der Waals surface area contributed by atoms with Crippen molar-refractivity contribution in [3.63, 3.8) is 0 Å². The first-order valence-corrected chi connectivity index (χ1v) is 8.58. The van der Waals surface area contributed by atoms with E-state index >= 15 is 0 Å². The predicted octanol–water partition coefficient (Wildman–Crippen LogP) is 5.34. The second-order valence-corrected chi connectivity index (χ2v) is 6.29. The molecule has 4 rings (SSSR count). The molecule has 0 atom stereocenters. The normalized spacial score (nSPS) is 10.7. The van der Waals surface area contributed by atoms with E-state index in [1.807, 2.05) is 48.5 Å². The molecule has 0 aliphatic rings. The monoisotopic (exact) mass is 377 g/mol. The number of carbonyl (C=O) groups is 1. The molecular weight excluding hydrogens is 365 g/mol. The Morgan fingerprint density at radius 3 is 2.44 bits per heavy atom. The summed E-state index contributed by atoms with van der Waals surface area (Å²) in [5, 5.41) is 12.0. The molecule has 0 unspecified atom stereocenters. The van der Waals surface area contributed by atoms with Crippen LogP contribution >= 0.6 is 11.6 Å². The highest BCUT2D eigenvalue weighted by Gasteiger charge is 2.20. The van der Waals surface area contributed by atoms with Gasteiger partial charge in [0.1, 0.15) is 11.5 Å². The lowest BCUT2D eigenvalue weighted by Gasteiger charge is -2.13. The lowest BCUT2D eigenvalue weighted by atomic mass is 10.0. The fourth-order valence-electron chi connectivity index (χ4n) is 2.86. The highest BCUT2D eigenvalue weighted by atomic mass is 35.5. The zero-order chi connectivity index (χ0) is 18.8. The largest absolute Gasteiger partial charge is 0.321 e. The van der Waals surface area contributed by atoms with Crippen molar-refractivity contribution in [2.75, 3.05) is 5.32 Å². The molecule has 0 saturated carbocycles. The number of halogens is 2. The summed E-state index contributed by atoms with van der Waals surface area (Å²) in [6.07, 6.45) is 0. The van der Waals surface area contributed by atoms with Crippen molar-refractivity contribution < 1.29 is 9.18 Å².